The Hall–Kier alpha value is -1.81. The highest BCUT2D eigenvalue weighted by Crippen LogP contribution is 2.16. The Kier molecular flexibility index (Phi) is 6.46. The first kappa shape index (κ1) is 16.6. The summed E-state index contributed by atoms with van der Waals surface area (Å²) in [5.74, 6) is 0. The van der Waals surface area contributed by atoms with Crippen molar-refractivity contribution in [2.45, 2.75) is 25.8 Å². The summed E-state index contributed by atoms with van der Waals surface area (Å²) >= 11 is 0. The Labute approximate surface area is 133 Å². The number of hydrogen-bond donors (Lipinski definition) is 0. The van der Waals surface area contributed by atoms with Crippen LogP contribution in [-0.2, 0) is 4.74 Å². The molecule has 1 aliphatic rings. The minimum absolute atomic E-state index is 0.174. The summed E-state index contributed by atoms with van der Waals surface area (Å²) < 4.78 is 5.05. The summed E-state index contributed by atoms with van der Waals surface area (Å²) in [5.41, 5.74) is 1.23. The van der Waals surface area contributed by atoms with Gasteiger partial charge in [-0.25, -0.2) is 4.79 Å². The SMILES string of the molecule is CCOC(=O)N1CCC(N(C)C/C=C/c2ccccc2)CC1. The second-order valence-corrected chi connectivity index (χ2v) is 5.67. The molecule has 1 heterocycles. The molecule has 1 saturated heterocycles. The molecule has 1 fully saturated rings. The zero-order valence-corrected chi connectivity index (χ0v) is 13.6. The van der Waals surface area contributed by atoms with Gasteiger partial charge in [0.05, 0.1) is 6.61 Å². The molecule has 1 aromatic rings. The smallest absolute Gasteiger partial charge is 0.409 e. The van der Waals surface area contributed by atoms with Crippen LogP contribution in [0.15, 0.2) is 36.4 Å². The standard InChI is InChI=1S/C18H26N2O2/c1-3-22-18(21)20-14-11-17(12-15-20)19(2)13-7-10-16-8-5-4-6-9-16/h4-10,17H,3,11-15H2,1-2H3/b10-7+. The van der Waals surface area contributed by atoms with Crippen molar-refractivity contribution in [3.8, 4) is 0 Å². The summed E-state index contributed by atoms with van der Waals surface area (Å²) in [6, 6.07) is 10.9. The van der Waals surface area contributed by atoms with E-state index >= 15 is 0 Å². The first-order chi connectivity index (χ1) is 10.7. The Balaban J connectivity index is 1.74. The number of likely N-dealkylation sites (N-methyl/N-ethyl adjacent to an activating group) is 1. The third-order valence-electron chi connectivity index (χ3n) is 4.12. The third-order valence-corrected chi connectivity index (χ3v) is 4.12. The van der Waals surface area contributed by atoms with E-state index in [4.69, 9.17) is 4.74 Å². The van der Waals surface area contributed by atoms with Crippen LogP contribution in [0, 0.1) is 0 Å². The Morgan fingerprint density at radius 1 is 1.32 bits per heavy atom. The lowest BCUT2D eigenvalue weighted by Crippen LogP contribution is -2.45. The van der Waals surface area contributed by atoms with Gasteiger partial charge in [-0.1, -0.05) is 42.5 Å². The van der Waals surface area contributed by atoms with Gasteiger partial charge in [-0.3, -0.25) is 4.90 Å². The van der Waals surface area contributed by atoms with Crippen molar-refractivity contribution in [3.63, 3.8) is 0 Å². The zero-order valence-electron chi connectivity index (χ0n) is 13.6. The van der Waals surface area contributed by atoms with E-state index in [1.165, 1.54) is 5.56 Å². The first-order valence-corrected chi connectivity index (χ1v) is 8.04. The number of rotatable bonds is 5. The molecule has 1 aliphatic heterocycles. The Morgan fingerprint density at radius 3 is 2.64 bits per heavy atom. The molecule has 1 aromatic carbocycles. The van der Waals surface area contributed by atoms with Gasteiger partial charge in [0.2, 0.25) is 0 Å². The van der Waals surface area contributed by atoms with Crippen molar-refractivity contribution in [2.24, 2.45) is 0 Å². The fourth-order valence-corrected chi connectivity index (χ4v) is 2.77. The van der Waals surface area contributed by atoms with E-state index in [0.717, 1.165) is 32.5 Å². The van der Waals surface area contributed by atoms with Gasteiger partial charge in [-0.2, -0.15) is 0 Å². The summed E-state index contributed by atoms with van der Waals surface area (Å²) in [7, 11) is 2.15. The van der Waals surface area contributed by atoms with Crippen molar-refractivity contribution < 1.29 is 9.53 Å². The number of amides is 1. The zero-order chi connectivity index (χ0) is 15.8. The number of carbonyl (C=O) groups excluding carboxylic acids is 1. The minimum atomic E-state index is -0.174. The number of likely N-dealkylation sites (tertiary alicyclic amines) is 1. The van der Waals surface area contributed by atoms with Crippen LogP contribution >= 0.6 is 0 Å². The normalized spacial score (nSPS) is 16.4. The summed E-state index contributed by atoms with van der Waals surface area (Å²) in [5, 5.41) is 0. The molecule has 0 spiro atoms. The molecule has 2 rings (SSSR count). The number of carbonyl (C=O) groups is 1. The van der Waals surface area contributed by atoms with Crippen molar-refractivity contribution in [1.82, 2.24) is 9.80 Å². The molecule has 4 nitrogen and oxygen atoms in total. The van der Waals surface area contributed by atoms with Crippen molar-refractivity contribution >= 4 is 12.2 Å². The lowest BCUT2D eigenvalue weighted by atomic mass is 10.0. The van der Waals surface area contributed by atoms with Gasteiger partial charge in [0.25, 0.3) is 0 Å². The maximum absolute atomic E-state index is 11.7. The summed E-state index contributed by atoms with van der Waals surface area (Å²) in [6.45, 7) is 4.80. The van der Waals surface area contributed by atoms with Crippen molar-refractivity contribution in [2.75, 3.05) is 33.3 Å². The van der Waals surface area contributed by atoms with Gasteiger partial charge in [-0.15, -0.1) is 0 Å². The van der Waals surface area contributed by atoms with Crippen LogP contribution in [0.5, 0.6) is 0 Å². The van der Waals surface area contributed by atoms with Gasteiger partial charge in [0.1, 0.15) is 0 Å². The molecule has 0 atom stereocenters. The van der Waals surface area contributed by atoms with E-state index in [0.29, 0.717) is 12.6 Å². The maximum Gasteiger partial charge on any atom is 0.409 e. The molecule has 1 amide bonds. The van der Waals surface area contributed by atoms with Crippen LogP contribution in [0.25, 0.3) is 6.08 Å². The van der Waals surface area contributed by atoms with Crippen LogP contribution in [0.2, 0.25) is 0 Å². The van der Waals surface area contributed by atoms with E-state index < -0.39 is 0 Å². The number of ether oxygens (including phenoxy) is 1. The largest absolute Gasteiger partial charge is 0.450 e. The minimum Gasteiger partial charge on any atom is -0.450 e. The molecular weight excluding hydrogens is 276 g/mol. The van der Waals surface area contributed by atoms with Crippen LogP contribution in [-0.4, -0.2) is 55.2 Å². The number of nitrogens with zero attached hydrogens (tertiary/aromatic N) is 2. The second kappa shape index (κ2) is 8.59. The predicted octanol–water partition coefficient (Wildman–Crippen LogP) is 3.25. The molecule has 0 N–H and O–H groups in total. The molecule has 0 aliphatic carbocycles. The van der Waals surface area contributed by atoms with Gasteiger partial charge in [0, 0.05) is 25.7 Å². The van der Waals surface area contributed by atoms with Crippen molar-refractivity contribution in [1.29, 1.82) is 0 Å². The highest BCUT2D eigenvalue weighted by Gasteiger charge is 2.25. The Morgan fingerprint density at radius 2 is 2.00 bits per heavy atom. The lowest BCUT2D eigenvalue weighted by Gasteiger charge is -2.35. The molecule has 120 valence electrons. The van der Waals surface area contributed by atoms with E-state index in [2.05, 4.69) is 48.4 Å². The van der Waals surface area contributed by atoms with Gasteiger partial charge in [0.15, 0.2) is 0 Å². The molecule has 0 radical (unpaired) electrons. The van der Waals surface area contributed by atoms with Crippen LogP contribution in [0.4, 0.5) is 4.79 Å². The molecule has 0 saturated carbocycles. The maximum atomic E-state index is 11.7. The van der Waals surface area contributed by atoms with Crippen molar-refractivity contribution in [3.05, 3.63) is 42.0 Å². The lowest BCUT2D eigenvalue weighted by molar-refractivity contribution is 0.0829. The monoisotopic (exact) mass is 302 g/mol. The summed E-state index contributed by atoms with van der Waals surface area (Å²) in [6.07, 6.45) is 6.20. The quantitative estimate of drug-likeness (QED) is 0.837. The molecule has 0 aromatic heterocycles. The van der Waals surface area contributed by atoms with Gasteiger partial charge >= 0.3 is 6.09 Å². The molecule has 0 unspecified atom stereocenters. The second-order valence-electron chi connectivity index (χ2n) is 5.67. The van der Waals surface area contributed by atoms with E-state index in [1.807, 2.05) is 17.9 Å². The Bertz CT molecular complexity index is 479. The fourth-order valence-electron chi connectivity index (χ4n) is 2.77. The highest BCUT2D eigenvalue weighted by atomic mass is 16.6. The number of hydrogen-bond acceptors (Lipinski definition) is 3. The van der Waals surface area contributed by atoms with Crippen LogP contribution in [0.3, 0.4) is 0 Å². The summed E-state index contributed by atoms with van der Waals surface area (Å²) in [4.78, 5) is 15.9. The first-order valence-electron chi connectivity index (χ1n) is 8.04. The van der Waals surface area contributed by atoms with E-state index in [9.17, 15) is 4.79 Å². The number of benzene rings is 1. The third kappa shape index (κ3) is 4.88. The van der Waals surface area contributed by atoms with Gasteiger partial charge < -0.3 is 9.64 Å². The average Bonchev–Trinajstić information content (AvgIpc) is 2.56. The molecule has 0 bridgehead atoms. The van der Waals surface area contributed by atoms with Gasteiger partial charge in [-0.05, 0) is 32.4 Å². The van der Waals surface area contributed by atoms with E-state index in [1.54, 1.807) is 0 Å². The topological polar surface area (TPSA) is 32.8 Å². The fraction of sp³-hybridized carbons (Fsp3) is 0.500. The molecular formula is C18H26N2O2. The predicted molar refractivity (Wildman–Crippen MR) is 89.7 cm³/mol. The van der Waals surface area contributed by atoms with Crippen LogP contribution < -0.4 is 0 Å². The highest BCUT2D eigenvalue weighted by molar-refractivity contribution is 5.67. The van der Waals surface area contributed by atoms with E-state index in [-0.39, 0.29) is 6.09 Å². The number of piperidine rings is 1. The van der Waals surface area contributed by atoms with Crippen LogP contribution in [0.1, 0.15) is 25.3 Å². The molecule has 22 heavy (non-hydrogen) atoms. The average molecular weight is 302 g/mol. The molecule has 4 heteroatoms.